The third-order valence-corrected chi connectivity index (χ3v) is 6.10. The summed E-state index contributed by atoms with van der Waals surface area (Å²) in [4.78, 5) is 0. The fraction of sp³-hybridized carbons (Fsp3) is 1.00. The van der Waals surface area contributed by atoms with Crippen LogP contribution < -0.4 is 10.0 Å². The van der Waals surface area contributed by atoms with Crippen LogP contribution in [0.2, 0.25) is 0 Å². The summed E-state index contributed by atoms with van der Waals surface area (Å²) in [5.41, 5.74) is 0. The van der Waals surface area contributed by atoms with Crippen molar-refractivity contribution in [1.82, 2.24) is 10.0 Å². The second kappa shape index (κ2) is 5.24. The monoisotopic (exact) mass is 260 g/mol. The van der Waals surface area contributed by atoms with Crippen molar-refractivity contribution in [2.75, 3.05) is 0 Å². The Kier molecular flexibility index (Phi) is 4.10. The highest BCUT2D eigenvalue weighted by Gasteiger charge is 2.33. The van der Waals surface area contributed by atoms with Crippen molar-refractivity contribution >= 4 is 10.0 Å². The van der Waals surface area contributed by atoms with Crippen molar-refractivity contribution in [1.29, 1.82) is 0 Å². The average Bonchev–Trinajstić information content (AvgIpc) is 2.76. The standard InChI is InChI=1S/C12H24N2O2S/c1-9-7-8-12(10(2)13-9)14-17(15,16)11-5-3-4-6-11/h9-14H,3-8H2,1-2H3. The van der Waals surface area contributed by atoms with Gasteiger partial charge in [-0.15, -0.1) is 0 Å². The van der Waals surface area contributed by atoms with Gasteiger partial charge in [-0.25, -0.2) is 13.1 Å². The molecule has 1 aliphatic carbocycles. The lowest BCUT2D eigenvalue weighted by molar-refractivity contribution is 0.296. The molecule has 0 aromatic rings. The smallest absolute Gasteiger partial charge is 0.214 e. The van der Waals surface area contributed by atoms with Gasteiger partial charge in [-0.05, 0) is 39.5 Å². The maximum Gasteiger partial charge on any atom is 0.214 e. The van der Waals surface area contributed by atoms with Crippen LogP contribution in [-0.2, 0) is 10.0 Å². The van der Waals surface area contributed by atoms with E-state index in [2.05, 4.69) is 23.9 Å². The van der Waals surface area contributed by atoms with Gasteiger partial charge in [0, 0.05) is 18.1 Å². The normalized spacial score (nSPS) is 36.2. The minimum atomic E-state index is -3.10. The zero-order valence-corrected chi connectivity index (χ0v) is 11.6. The summed E-state index contributed by atoms with van der Waals surface area (Å²) in [7, 11) is -3.10. The van der Waals surface area contributed by atoms with Crippen LogP contribution in [0.25, 0.3) is 0 Å². The van der Waals surface area contributed by atoms with Gasteiger partial charge in [0.2, 0.25) is 10.0 Å². The van der Waals surface area contributed by atoms with E-state index in [1.807, 2.05) is 0 Å². The number of nitrogens with one attached hydrogen (secondary N) is 2. The lowest BCUT2D eigenvalue weighted by Crippen LogP contribution is -2.55. The maximum absolute atomic E-state index is 12.2. The summed E-state index contributed by atoms with van der Waals surface area (Å²) in [6.07, 6.45) is 5.77. The van der Waals surface area contributed by atoms with Crippen molar-refractivity contribution in [3.05, 3.63) is 0 Å². The van der Waals surface area contributed by atoms with E-state index >= 15 is 0 Å². The Labute approximate surface area is 105 Å². The predicted molar refractivity (Wildman–Crippen MR) is 69.4 cm³/mol. The van der Waals surface area contributed by atoms with Gasteiger partial charge in [0.1, 0.15) is 0 Å². The highest BCUT2D eigenvalue weighted by atomic mass is 32.2. The molecular formula is C12H24N2O2S. The Hall–Kier alpha value is -0.130. The molecule has 1 saturated heterocycles. The molecule has 0 spiro atoms. The van der Waals surface area contributed by atoms with Crippen molar-refractivity contribution in [3.63, 3.8) is 0 Å². The van der Waals surface area contributed by atoms with Crippen molar-refractivity contribution in [3.8, 4) is 0 Å². The van der Waals surface area contributed by atoms with Gasteiger partial charge in [-0.2, -0.15) is 0 Å². The van der Waals surface area contributed by atoms with Gasteiger partial charge in [0.05, 0.1) is 5.25 Å². The van der Waals surface area contributed by atoms with Crippen LogP contribution in [0.4, 0.5) is 0 Å². The highest BCUT2D eigenvalue weighted by molar-refractivity contribution is 7.90. The van der Waals surface area contributed by atoms with E-state index in [-0.39, 0.29) is 17.3 Å². The second-order valence-corrected chi connectivity index (χ2v) is 7.60. The quantitative estimate of drug-likeness (QED) is 0.806. The lowest BCUT2D eigenvalue weighted by atomic mass is 9.96. The van der Waals surface area contributed by atoms with Gasteiger partial charge < -0.3 is 5.32 Å². The molecule has 1 aliphatic heterocycles. The molecule has 0 aromatic heterocycles. The fourth-order valence-electron chi connectivity index (χ4n) is 2.99. The highest BCUT2D eigenvalue weighted by Crippen LogP contribution is 2.25. The van der Waals surface area contributed by atoms with Crippen LogP contribution >= 0.6 is 0 Å². The van der Waals surface area contributed by atoms with Gasteiger partial charge in [-0.1, -0.05) is 12.8 Å². The molecule has 3 unspecified atom stereocenters. The van der Waals surface area contributed by atoms with Crippen LogP contribution in [0.3, 0.4) is 0 Å². The molecule has 2 aliphatic rings. The van der Waals surface area contributed by atoms with E-state index < -0.39 is 10.0 Å². The summed E-state index contributed by atoms with van der Waals surface area (Å²) < 4.78 is 27.3. The zero-order valence-electron chi connectivity index (χ0n) is 10.8. The zero-order chi connectivity index (χ0) is 12.5. The molecule has 0 radical (unpaired) electrons. The number of sulfonamides is 1. The number of rotatable bonds is 3. The van der Waals surface area contributed by atoms with Gasteiger partial charge >= 0.3 is 0 Å². The summed E-state index contributed by atoms with van der Waals surface area (Å²) in [5, 5.41) is 3.27. The Balaban J connectivity index is 1.95. The van der Waals surface area contributed by atoms with Crippen molar-refractivity contribution < 1.29 is 8.42 Å². The summed E-state index contributed by atoms with van der Waals surface area (Å²) >= 11 is 0. The minimum absolute atomic E-state index is 0.0665. The fourth-order valence-corrected chi connectivity index (χ4v) is 4.89. The molecular weight excluding hydrogens is 236 g/mol. The minimum Gasteiger partial charge on any atom is -0.310 e. The Morgan fingerprint density at radius 2 is 1.71 bits per heavy atom. The van der Waals surface area contributed by atoms with E-state index in [0.29, 0.717) is 6.04 Å². The first-order chi connectivity index (χ1) is 7.99. The largest absolute Gasteiger partial charge is 0.310 e. The Morgan fingerprint density at radius 3 is 2.29 bits per heavy atom. The Morgan fingerprint density at radius 1 is 1.06 bits per heavy atom. The first-order valence-corrected chi connectivity index (χ1v) is 8.31. The van der Waals surface area contributed by atoms with E-state index in [4.69, 9.17) is 0 Å². The first-order valence-electron chi connectivity index (χ1n) is 6.76. The van der Waals surface area contributed by atoms with Crippen LogP contribution in [0, 0.1) is 0 Å². The lowest BCUT2D eigenvalue weighted by Gasteiger charge is -2.34. The molecule has 1 saturated carbocycles. The molecule has 100 valence electrons. The van der Waals surface area contributed by atoms with Crippen LogP contribution in [0.5, 0.6) is 0 Å². The molecule has 0 bridgehead atoms. The van der Waals surface area contributed by atoms with E-state index in [1.165, 1.54) is 0 Å². The van der Waals surface area contributed by atoms with E-state index in [1.54, 1.807) is 0 Å². The number of piperidine rings is 1. The molecule has 0 aromatic carbocycles. The number of hydrogen-bond donors (Lipinski definition) is 2. The second-order valence-electron chi connectivity index (χ2n) is 5.61. The molecule has 2 fully saturated rings. The Bertz CT molecular complexity index is 350. The predicted octanol–water partition coefficient (Wildman–Crippen LogP) is 1.38. The van der Waals surface area contributed by atoms with Gasteiger partial charge in [0.25, 0.3) is 0 Å². The van der Waals surface area contributed by atoms with Gasteiger partial charge in [-0.3, -0.25) is 0 Å². The molecule has 0 amide bonds. The van der Waals surface area contributed by atoms with Crippen LogP contribution in [0.15, 0.2) is 0 Å². The molecule has 3 atom stereocenters. The first kappa shape index (κ1) is 13.3. The van der Waals surface area contributed by atoms with Crippen LogP contribution in [-0.4, -0.2) is 31.8 Å². The summed E-state index contributed by atoms with van der Waals surface area (Å²) in [6.45, 7) is 4.22. The van der Waals surface area contributed by atoms with E-state index in [0.717, 1.165) is 38.5 Å². The van der Waals surface area contributed by atoms with Gasteiger partial charge in [0.15, 0.2) is 0 Å². The molecule has 5 heteroatoms. The summed E-state index contributed by atoms with van der Waals surface area (Å²) in [6, 6.07) is 0.795. The molecule has 1 heterocycles. The van der Waals surface area contributed by atoms with E-state index in [9.17, 15) is 8.42 Å². The number of hydrogen-bond acceptors (Lipinski definition) is 3. The topological polar surface area (TPSA) is 58.2 Å². The molecule has 2 rings (SSSR count). The third kappa shape index (κ3) is 3.20. The molecule has 4 nitrogen and oxygen atoms in total. The average molecular weight is 260 g/mol. The molecule has 17 heavy (non-hydrogen) atoms. The third-order valence-electron chi connectivity index (χ3n) is 4.12. The van der Waals surface area contributed by atoms with Crippen molar-refractivity contribution in [2.45, 2.75) is 75.7 Å². The van der Waals surface area contributed by atoms with Crippen molar-refractivity contribution in [2.24, 2.45) is 0 Å². The maximum atomic E-state index is 12.2. The van der Waals surface area contributed by atoms with Crippen LogP contribution in [0.1, 0.15) is 52.4 Å². The SMILES string of the molecule is CC1CCC(NS(=O)(=O)C2CCCC2)C(C)N1. The summed E-state index contributed by atoms with van der Waals surface area (Å²) in [5.74, 6) is 0. The molecule has 2 N–H and O–H groups in total.